The molecule has 1 heterocycles. The molecule has 0 aliphatic carbocycles. The quantitative estimate of drug-likeness (QED) is 0.633. The molecule has 0 spiro atoms. The molecule has 1 aliphatic rings. The SMILES string of the molecule is C#Cc1cccc(N(CC(=O)NC)C(=O)C2CCCN(C(=O)c3ccccc3OC(F)F)C2)c1. The Bertz CT molecular complexity index is 1100. The molecule has 178 valence electrons. The van der Waals surface area contributed by atoms with Gasteiger partial charge in [-0.3, -0.25) is 14.4 Å². The van der Waals surface area contributed by atoms with Gasteiger partial charge in [-0.1, -0.05) is 24.1 Å². The summed E-state index contributed by atoms with van der Waals surface area (Å²) in [6, 6.07) is 12.5. The van der Waals surface area contributed by atoms with Crippen molar-refractivity contribution in [2.24, 2.45) is 5.92 Å². The molecule has 34 heavy (non-hydrogen) atoms. The molecule has 1 aliphatic heterocycles. The van der Waals surface area contributed by atoms with Crippen LogP contribution in [0.4, 0.5) is 14.5 Å². The van der Waals surface area contributed by atoms with Gasteiger partial charge >= 0.3 is 6.61 Å². The Hall–Kier alpha value is -3.93. The highest BCUT2D eigenvalue weighted by molar-refractivity contribution is 6.01. The van der Waals surface area contributed by atoms with Crippen LogP contribution in [-0.2, 0) is 9.59 Å². The second-order valence-corrected chi connectivity index (χ2v) is 7.76. The van der Waals surface area contributed by atoms with Crippen molar-refractivity contribution in [1.29, 1.82) is 0 Å². The molecular weight excluding hydrogens is 444 g/mol. The smallest absolute Gasteiger partial charge is 0.387 e. The molecule has 3 rings (SSSR count). The number of halogens is 2. The van der Waals surface area contributed by atoms with Crippen LogP contribution in [-0.4, -0.2) is 55.9 Å². The van der Waals surface area contributed by atoms with Crippen molar-refractivity contribution in [1.82, 2.24) is 10.2 Å². The van der Waals surface area contributed by atoms with E-state index in [0.29, 0.717) is 30.6 Å². The van der Waals surface area contributed by atoms with Crippen LogP contribution >= 0.6 is 0 Å². The number of alkyl halides is 2. The molecule has 1 fully saturated rings. The number of likely N-dealkylation sites (N-methyl/N-ethyl adjacent to an activating group) is 1. The van der Waals surface area contributed by atoms with E-state index < -0.39 is 18.4 Å². The molecule has 1 atom stereocenters. The minimum absolute atomic E-state index is 0.000151. The van der Waals surface area contributed by atoms with E-state index in [4.69, 9.17) is 6.42 Å². The average Bonchev–Trinajstić information content (AvgIpc) is 2.86. The third-order valence-corrected chi connectivity index (χ3v) is 5.56. The van der Waals surface area contributed by atoms with Crippen LogP contribution in [0.2, 0.25) is 0 Å². The summed E-state index contributed by atoms with van der Waals surface area (Å²) in [5.74, 6) is 0.522. The number of amides is 3. The fraction of sp³-hybridized carbons (Fsp3) is 0.320. The Balaban J connectivity index is 1.83. The van der Waals surface area contributed by atoms with E-state index >= 15 is 0 Å². The van der Waals surface area contributed by atoms with Gasteiger partial charge in [-0.25, -0.2) is 0 Å². The maximum absolute atomic E-state index is 13.5. The van der Waals surface area contributed by atoms with E-state index in [9.17, 15) is 23.2 Å². The van der Waals surface area contributed by atoms with Gasteiger partial charge in [-0.15, -0.1) is 6.42 Å². The first-order valence-electron chi connectivity index (χ1n) is 10.8. The van der Waals surface area contributed by atoms with Gasteiger partial charge < -0.3 is 19.9 Å². The summed E-state index contributed by atoms with van der Waals surface area (Å²) < 4.78 is 30.0. The van der Waals surface area contributed by atoms with Crippen LogP contribution in [0.15, 0.2) is 48.5 Å². The van der Waals surface area contributed by atoms with Gasteiger partial charge in [-0.05, 0) is 43.2 Å². The monoisotopic (exact) mass is 469 g/mol. The molecule has 1 N–H and O–H groups in total. The molecule has 1 saturated heterocycles. The van der Waals surface area contributed by atoms with Gasteiger partial charge in [0.2, 0.25) is 11.8 Å². The molecule has 0 radical (unpaired) electrons. The number of likely N-dealkylation sites (tertiary alicyclic amines) is 1. The van der Waals surface area contributed by atoms with Crippen LogP contribution in [0.5, 0.6) is 5.75 Å². The normalized spacial score (nSPS) is 15.4. The van der Waals surface area contributed by atoms with Crippen molar-refractivity contribution in [3.8, 4) is 18.1 Å². The number of piperidine rings is 1. The average molecular weight is 469 g/mol. The van der Waals surface area contributed by atoms with E-state index in [0.717, 1.165) is 0 Å². The molecule has 3 amide bonds. The largest absolute Gasteiger partial charge is 0.434 e. The van der Waals surface area contributed by atoms with E-state index in [1.54, 1.807) is 30.3 Å². The van der Waals surface area contributed by atoms with Crippen molar-refractivity contribution >= 4 is 23.4 Å². The highest BCUT2D eigenvalue weighted by Gasteiger charge is 2.33. The third-order valence-electron chi connectivity index (χ3n) is 5.56. The van der Waals surface area contributed by atoms with Crippen molar-refractivity contribution in [3.63, 3.8) is 0 Å². The Morgan fingerprint density at radius 2 is 2.00 bits per heavy atom. The van der Waals surface area contributed by atoms with Gasteiger partial charge in [0, 0.05) is 31.4 Å². The molecule has 1 unspecified atom stereocenters. The number of nitrogens with one attached hydrogen (secondary N) is 1. The van der Waals surface area contributed by atoms with Crippen LogP contribution in [0, 0.1) is 18.3 Å². The summed E-state index contributed by atoms with van der Waals surface area (Å²) in [4.78, 5) is 41.5. The first-order valence-corrected chi connectivity index (χ1v) is 10.8. The molecule has 0 aromatic heterocycles. The second kappa shape index (κ2) is 11.3. The van der Waals surface area contributed by atoms with Gasteiger partial charge in [0.05, 0.1) is 11.5 Å². The summed E-state index contributed by atoms with van der Waals surface area (Å²) in [7, 11) is 1.47. The Morgan fingerprint density at radius 3 is 2.71 bits per heavy atom. The highest BCUT2D eigenvalue weighted by atomic mass is 19.3. The lowest BCUT2D eigenvalue weighted by molar-refractivity contribution is -0.126. The molecule has 2 aromatic rings. The number of hydrogen-bond donors (Lipinski definition) is 1. The summed E-state index contributed by atoms with van der Waals surface area (Å²) >= 11 is 0. The number of nitrogens with zero attached hydrogens (tertiary/aromatic N) is 2. The number of ether oxygens (including phenoxy) is 1. The Labute approximate surface area is 196 Å². The van der Waals surface area contributed by atoms with Crippen molar-refractivity contribution in [3.05, 3.63) is 59.7 Å². The summed E-state index contributed by atoms with van der Waals surface area (Å²) in [5.41, 5.74) is 1.03. The van der Waals surface area contributed by atoms with E-state index in [-0.39, 0.29) is 36.2 Å². The Kier molecular flexibility index (Phi) is 8.19. The predicted molar refractivity (Wildman–Crippen MR) is 122 cm³/mol. The van der Waals surface area contributed by atoms with Crippen molar-refractivity contribution in [2.45, 2.75) is 19.5 Å². The summed E-state index contributed by atoms with van der Waals surface area (Å²) in [6.45, 7) is -2.83. The van der Waals surface area contributed by atoms with Crippen LogP contribution in [0.3, 0.4) is 0 Å². The van der Waals surface area contributed by atoms with Gasteiger partial charge in [0.15, 0.2) is 0 Å². The minimum Gasteiger partial charge on any atom is -0.434 e. The standard InChI is InChI=1S/C25H25F2N3O4/c1-3-17-8-6-10-19(14-17)30(16-22(31)28-2)23(32)18-9-7-13-29(15-18)24(33)20-11-4-5-12-21(20)34-25(26)27/h1,4-6,8,10-12,14,18,25H,7,9,13,15-16H2,2H3,(H,28,31). The van der Waals surface area contributed by atoms with Gasteiger partial charge in [0.25, 0.3) is 5.91 Å². The van der Waals surface area contributed by atoms with Crippen molar-refractivity contribution in [2.75, 3.05) is 31.6 Å². The molecule has 2 aromatic carbocycles. The highest BCUT2D eigenvalue weighted by Crippen LogP contribution is 2.27. The third kappa shape index (κ3) is 5.90. The van der Waals surface area contributed by atoms with Crippen molar-refractivity contribution < 1.29 is 27.9 Å². The minimum atomic E-state index is -3.07. The van der Waals surface area contributed by atoms with Crippen LogP contribution in [0.25, 0.3) is 0 Å². The van der Waals surface area contributed by atoms with E-state index in [1.165, 1.54) is 35.0 Å². The maximum atomic E-state index is 13.5. The molecule has 0 saturated carbocycles. The number of anilines is 1. The fourth-order valence-corrected chi connectivity index (χ4v) is 3.88. The zero-order valence-electron chi connectivity index (χ0n) is 18.7. The lowest BCUT2D eigenvalue weighted by Crippen LogP contribution is -2.49. The number of benzene rings is 2. The first-order chi connectivity index (χ1) is 16.3. The zero-order chi connectivity index (χ0) is 24.7. The maximum Gasteiger partial charge on any atom is 0.387 e. The summed E-state index contributed by atoms with van der Waals surface area (Å²) in [5, 5.41) is 2.51. The molecule has 9 heteroatoms. The zero-order valence-corrected chi connectivity index (χ0v) is 18.7. The number of carbonyl (C=O) groups is 3. The fourth-order valence-electron chi connectivity index (χ4n) is 3.88. The number of carbonyl (C=O) groups excluding carboxylic acids is 3. The van der Waals surface area contributed by atoms with Crippen LogP contribution in [0.1, 0.15) is 28.8 Å². The summed E-state index contributed by atoms with van der Waals surface area (Å²) in [6.07, 6.45) is 6.53. The number of para-hydroxylation sites is 1. The van der Waals surface area contributed by atoms with Gasteiger partial charge in [-0.2, -0.15) is 8.78 Å². The predicted octanol–water partition coefficient (Wildman–Crippen LogP) is 2.90. The first kappa shape index (κ1) is 24.7. The number of terminal acetylenes is 1. The van der Waals surface area contributed by atoms with E-state index in [1.807, 2.05) is 0 Å². The molecular formula is C25H25F2N3O4. The van der Waals surface area contributed by atoms with Crippen LogP contribution < -0.4 is 15.0 Å². The number of rotatable bonds is 7. The molecule has 0 bridgehead atoms. The lowest BCUT2D eigenvalue weighted by atomic mass is 9.95. The Morgan fingerprint density at radius 1 is 1.24 bits per heavy atom. The van der Waals surface area contributed by atoms with Gasteiger partial charge in [0.1, 0.15) is 12.3 Å². The topological polar surface area (TPSA) is 79.0 Å². The van der Waals surface area contributed by atoms with E-state index in [2.05, 4.69) is 16.0 Å². The lowest BCUT2D eigenvalue weighted by Gasteiger charge is -2.35. The number of hydrogen-bond acceptors (Lipinski definition) is 4. The molecule has 7 nitrogen and oxygen atoms in total. The second-order valence-electron chi connectivity index (χ2n) is 7.76.